The second-order valence-electron chi connectivity index (χ2n) is 3.68. The van der Waals surface area contributed by atoms with Gasteiger partial charge < -0.3 is 0 Å². The van der Waals surface area contributed by atoms with Gasteiger partial charge in [0.05, 0.1) is 0 Å². The zero-order chi connectivity index (χ0) is 11.0. The SMILES string of the molecule is C=C1/C(=C/C)CSc2cc(F)c(C)cc21. The van der Waals surface area contributed by atoms with Gasteiger partial charge in [-0.05, 0) is 48.3 Å². The van der Waals surface area contributed by atoms with Gasteiger partial charge in [-0.3, -0.25) is 0 Å². The molecule has 0 N–H and O–H groups in total. The Hall–Kier alpha value is -1.02. The first kappa shape index (κ1) is 10.5. The molecule has 1 aromatic carbocycles. The summed E-state index contributed by atoms with van der Waals surface area (Å²) in [6.45, 7) is 7.88. The summed E-state index contributed by atoms with van der Waals surface area (Å²) in [4.78, 5) is 1.01. The van der Waals surface area contributed by atoms with Gasteiger partial charge in [0.15, 0.2) is 0 Å². The molecule has 2 rings (SSSR count). The number of aryl methyl sites for hydroxylation is 1. The third kappa shape index (κ3) is 1.74. The highest BCUT2D eigenvalue weighted by molar-refractivity contribution is 7.99. The summed E-state index contributed by atoms with van der Waals surface area (Å²) in [5, 5.41) is 0. The van der Waals surface area contributed by atoms with Crippen LogP contribution in [0.1, 0.15) is 18.1 Å². The van der Waals surface area contributed by atoms with E-state index < -0.39 is 0 Å². The van der Waals surface area contributed by atoms with Gasteiger partial charge in [0.1, 0.15) is 5.82 Å². The number of fused-ring (bicyclic) bond motifs is 1. The lowest BCUT2D eigenvalue weighted by Gasteiger charge is -2.21. The normalized spacial score (nSPS) is 18.1. The van der Waals surface area contributed by atoms with Crippen molar-refractivity contribution in [3.05, 3.63) is 47.3 Å². The van der Waals surface area contributed by atoms with Gasteiger partial charge in [0, 0.05) is 10.6 Å². The second-order valence-corrected chi connectivity index (χ2v) is 4.70. The lowest BCUT2D eigenvalue weighted by atomic mass is 9.98. The number of hydrogen-bond acceptors (Lipinski definition) is 1. The van der Waals surface area contributed by atoms with Crippen molar-refractivity contribution < 1.29 is 4.39 Å². The molecule has 78 valence electrons. The van der Waals surface area contributed by atoms with Crippen LogP contribution in [-0.2, 0) is 0 Å². The largest absolute Gasteiger partial charge is 0.207 e. The molecule has 0 aromatic heterocycles. The Morgan fingerprint density at radius 3 is 2.87 bits per heavy atom. The lowest BCUT2D eigenvalue weighted by molar-refractivity contribution is 0.614. The maximum atomic E-state index is 13.4. The molecule has 1 heterocycles. The van der Waals surface area contributed by atoms with Gasteiger partial charge in [-0.2, -0.15) is 0 Å². The van der Waals surface area contributed by atoms with E-state index in [4.69, 9.17) is 0 Å². The number of rotatable bonds is 0. The Bertz CT molecular complexity index is 458. The minimum Gasteiger partial charge on any atom is -0.207 e. The fourth-order valence-electron chi connectivity index (χ4n) is 1.69. The van der Waals surface area contributed by atoms with Crippen LogP contribution in [0, 0.1) is 12.7 Å². The highest BCUT2D eigenvalue weighted by Gasteiger charge is 2.18. The third-order valence-electron chi connectivity index (χ3n) is 2.71. The molecule has 15 heavy (non-hydrogen) atoms. The van der Waals surface area contributed by atoms with Crippen molar-refractivity contribution in [1.29, 1.82) is 0 Å². The number of thioether (sulfide) groups is 1. The van der Waals surface area contributed by atoms with E-state index in [-0.39, 0.29) is 5.82 Å². The molecule has 0 aliphatic carbocycles. The van der Waals surface area contributed by atoms with Crippen LogP contribution >= 0.6 is 11.8 Å². The van der Waals surface area contributed by atoms with Crippen LogP contribution in [0.15, 0.2) is 35.3 Å². The summed E-state index contributed by atoms with van der Waals surface area (Å²) in [7, 11) is 0. The molecule has 0 spiro atoms. The van der Waals surface area contributed by atoms with E-state index in [9.17, 15) is 4.39 Å². The highest BCUT2D eigenvalue weighted by Crippen LogP contribution is 2.40. The van der Waals surface area contributed by atoms with Crippen LogP contribution in [-0.4, -0.2) is 5.75 Å². The van der Waals surface area contributed by atoms with Gasteiger partial charge in [0.2, 0.25) is 0 Å². The number of halogens is 1. The number of benzene rings is 1. The molecule has 0 nitrogen and oxygen atoms in total. The zero-order valence-corrected chi connectivity index (χ0v) is 9.75. The molecule has 0 saturated carbocycles. The van der Waals surface area contributed by atoms with Crippen molar-refractivity contribution in [3.63, 3.8) is 0 Å². The molecular weight excluding hydrogens is 207 g/mol. The Morgan fingerprint density at radius 2 is 2.20 bits per heavy atom. The second kappa shape index (κ2) is 3.86. The highest BCUT2D eigenvalue weighted by atomic mass is 32.2. The van der Waals surface area contributed by atoms with E-state index in [1.54, 1.807) is 24.8 Å². The summed E-state index contributed by atoms with van der Waals surface area (Å²) in [6.07, 6.45) is 2.08. The van der Waals surface area contributed by atoms with E-state index in [1.165, 1.54) is 5.57 Å². The standard InChI is InChI=1S/C13H13FS/c1-4-10-7-15-13-6-12(14)8(2)5-11(13)9(10)3/h4-6H,3,7H2,1-2H3/b10-4+. The summed E-state index contributed by atoms with van der Waals surface area (Å²) < 4.78 is 13.4. The third-order valence-corrected chi connectivity index (χ3v) is 3.81. The topological polar surface area (TPSA) is 0 Å². The maximum Gasteiger partial charge on any atom is 0.127 e. The Balaban J connectivity index is 2.57. The van der Waals surface area contributed by atoms with E-state index in [0.29, 0.717) is 5.56 Å². The molecule has 1 aromatic rings. The fraction of sp³-hybridized carbons (Fsp3) is 0.231. The maximum absolute atomic E-state index is 13.4. The fourth-order valence-corrected chi connectivity index (χ4v) is 2.87. The van der Waals surface area contributed by atoms with E-state index in [2.05, 4.69) is 12.7 Å². The van der Waals surface area contributed by atoms with Crippen LogP contribution in [0.4, 0.5) is 4.39 Å². The summed E-state index contributed by atoms with van der Waals surface area (Å²) in [5.41, 5.74) is 4.05. The molecule has 0 amide bonds. The van der Waals surface area contributed by atoms with Crippen molar-refractivity contribution in [2.75, 3.05) is 5.75 Å². The van der Waals surface area contributed by atoms with Crippen molar-refractivity contribution in [3.8, 4) is 0 Å². The molecule has 0 fully saturated rings. The zero-order valence-electron chi connectivity index (χ0n) is 8.93. The van der Waals surface area contributed by atoms with Crippen LogP contribution in [0.5, 0.6) is 0 Å². The Kier molecular flexibility index (Phi) is 2.70. The van der Waals surface area contributed by atoms with E-state index in [1.807, 2.05) is 13.0 Å². The average molecular weight is 220 g/mol. The quantitative estimate of drug-likeness (QED) is 0.631. The van der Waals surface area contributed by atoms with Crippen molar-refractivity contribution in [2.45, 2.75) is 18.7 Å². The molecule has 0 unspecified atom stereocenters. The van der Waals surface area contributed by atoms with Crippen molar-refractivity contribution in [1.82, 2.24) is 0 Å². The van der Waals surface area contributed by atoms with Crippen LogP contribution in [0.25, 0.3) is 5.57 Å². The Labute approximate surface area is 93.9 Å². The molecular formula is C13H13FS. The van der Waals surface area contributed by atoms with Gasteiger partial charge in [-0.15, -0.1) is 11.8 Å². The Morgan fingerprint density at radius 1 is 1.47 bits per heavy atom. The van der Waals surface area contributed by atoms with Crippen LogP contribution in [0.3, 0.4) is 0 Å². The monoisotopic (exact) mass is 220 g/mol. The molecule has 1 aliphatic heterocycles. The summed E-state index contributed by atoms with van der Waals surface area (Å²) in [5.74, 6) is 0.767. The molecule has 0 atom stereocenters. The summed E-state index contributed by atoms with van der Waals surface area (Å²) in [6, 6.07) is 3.51. The van der Waals surface area contributed by atoms with Crippen LogP contribution in [0.2, 0.25) is 0 Å². The first-order chi connectivity index (χ1) is 7.13. The van der Waals surface area contributed by atoms with E-state index in [0.717, 1.165) is 21.8 Å². The number of hydrogen-bond donors (Lipinski definition) is 0. The molecule has 0 radical (unpaired) electrons. The van der Waals surface area contributed by atoms with Crippen molar-refractivity contribution in [2.24, 2.45) is 0 Å². The smallest absolute Gasteiger partial charge is 0.127 e. The van der Waals surface area contributed by atoms with Gasteiger partial charge in [-0.1, -0.05) is 12.7 Å². The molecule has 2 heteroatoms. The van der Waals surface area contributed by atoms with Gasteiger partial charge in [-0.25, -0.2) is 4.39 Å². The van der Waals surface area contributed by atoms with Gasteiger partial charge in [0.25, 0.3) is 0 Å². The summed E-state index contributed by atoms with van der Waals surface area (Å²) >= 11 is 1.68. The molecule has 1 aliphatic rings. The van der Waals surface area contributed by atoms with Gasteiger partial charge >= 0.3 is 0 Å². The minimum absolute atomic E-state index is 0.127. The predicted molar refractivity (Wildman–Crippen MR) is 64.7 cm³/mol. The minimum atomic E-state index is -0.127. The molecule has 0 saturated heterocycles. The lowest BCUT2D eigenvalue weighted by Crippen LogP contribution is -2.02. The van der Waals surface area contributed by atoms with E-state index >= 15 is 0 Å². The first-order valence-electron chi connectivity index (χ1n) is 4.91. The molecule has 0 bridgehead atoms. The average Bonchev–Trinajstić information content (AvgIpc) is 2.22. The van der Waals surface area contributed by atoms with Crippen LogP contribution < -0.4 is 0 Å². The predicted octanol–water partition coefficient (Wildman–Crippen LogP) is 4.20. The van der Waals surface area contributed by atoms with Crippen molar-refractivity contribution >= 4 is 17.3 Å². The number of allylic oxidation sites excluding steroid dienone is 2. The first-order valence-corrected chi connectivity index (χ1v) is 5.90.